The van der Waals surface area contributed by atoms with Crippen LogP contribution < -0.4 is 5.56 Å². The van der Waals surface area contributed by atoms with E-state index in [0.717, 1.165) is 48.2 Å². The zero-order chi connectivity index (χ0) is 17.7. The summed E-state index contributed by atoms with van der Waals surface area (Å²) in [6.45, 7) is 2.93. The molecule has 2 atom stereocenters. The summed E-state index contributed by atoms with van der Waals surface area (Å²) in [7, 11) is 0. The van der Waals surface area contributed by atoms with Gasteiger partial charge in [-0.15, -0.1) is 0 Å². The van der Waals surface area contributed by atoms with E-state index < -0.39 is 0 Å². The fourth-order valence-corrected chi connectivity index (χ4v) is 4.72. The maximum absolute atomic E-state index is 12.9. The first-order valence-electron chi connectivity index (χ1n) is 9.20. The maximum Gasteiger partial charge on any atom is 0.250 e. The van der Waals surface area contributed by atoms with Gasteiger partial charge in [-0.05, 0) is 24.5 Å². The van der Waals surface area contributed by atoms with E-state index in [1.807, 2.05) is 41.1 Å². The molecule has 1 aromatic carbocycles. The number of rotatable bonds is 3. The van der Waals surface area contributed by atoms with Crippen LogP contribution in [0.5, 0.6) is 0 Å². The van der Waals surface area contributed by atoms with Crippen LogP contribution in [0.1, 0.15) is 28.4 Å². The summed E-state index contributed by atoms with van der Waals surface area (Å²) in [6.07, 6.45) is 2.94. The fraction of sp³-hybridized carbons (Fsp3) is 0.333. The number of H-pyrrole nitrogens is 1. The molecule has 4 heterocycles. The van der Waals surface area contributed by atoms with Crippen LogP contribution >= 0.6 is 0 Å². The van der Waals surface area contributed by atoms with E-state index in [4.69, 9.17) is 0 Å². The number of Topliss-reactive ketones (excluding diaryl/α,β-unsaturated/α-hetero) is 1. The molecule has 1 fully saturated rings. The number of fused-ring (bicyclic) bond motifs is 5. The van der Waals surface area contributed by atoms with Crippen molar-refractivity contribution in [1.29, 1.82) is 0 Å². The van der Waals surface area contributed by atoms with Crippen molar-refractivity contribution < 1.29 is 4.79 Å². The number of pyridine rings is 1. The monoisotopic (exact) mass is 347 g/mol. The van der Waals surface area contributed by atoms with E-state index in [-0.39, 0.29) is 11.3 Å². The molecule has 0 unspecified atom stereocenters. The third-order valence-corrected chi connectivity index (χ3v) is 5.81. The number of hydrogen-bond donors (Lipinski definition) is 1. The van der Waals surface area contributed by atoms with Crippen molar-refractivity contribution in [2.45, 2.75) is 18.9 Å². The Labute approximate surface area is 151 Å². The quantitative estimate of drug-likeness (QED) is 0.741. The highest BCUT2D eigenvalue weighted by molar-refractivity contribution is 6.08. The zero-order valence-corrected chi connectivity index (χ0v) is 14.5. The Morgan fingerprint density at radius 3 is 2.88 bits per heavy atom. The van der Waals surface area contributed by atoms with Crippen molar-refractivity contribution in [3.63, 3.8) is 0 Å². The van der Waals surface area contributed by atoms with Gasteiger partial charge in [-0.3, -0.25) is 14.5 Å². The van der Waals surface area contributed by atoms with E-state index in [0.29, 0.717) is 18.4 Å². The smallest absolute Gasteiger partial charge is 0.250 e. The molecule has 5 rings (SSSR count). The highest BCUT2D eigenvalue weighted by atomic mass is 16.1. The number of ketones is 1. The minimum absolute atomic E-state index is 0.0977. The number of nitrogens with zero attached hydrogens (tertiary/aromatic N) is 2. The predicted octanol–water partition coefficient (Wildman–Crippen LogP) is 2.63. The van der Waals surface area contributed by atoms with Crippen molar-refractivity contribution in [2.24, 2.45) is 5.92 Å². The molecule has 5 nitrogen and oxygen atoms in total. The van der Waals surface area contributed by atoms with Crippen LogP contribution in [-0.4, -0.2) is 39.9 Å². The van der Waals surface area contributed by atoms with Gasteiger partial charge in [0, 0.05) is 60.0 Å². The number of hydrogen-bond acceptors (Lipinski definition) is 3. The lowest BCUT2D eigenvalue weighted by Gasteiger charge is -2.42. The molecule has 2 bridgehead atoms. The molecule has 1 N–H and O–H groups in total. The van der Waals surface area contributed by atoms with Gasteiger partial charge < -0.3 is 9.55 Å². The van der Waals surface area contributed by atoms with Crippen molar-refractivity contribution in [1.82, 2.24) is 14.5 Å². The summed E-state index contributed by atoms with van der Waals surface area (Å²) < 4.78 is 1.93. The highest BCUT2D eigenvalue weighted by Crippen LogP contribution is 2.35. The van der Waals surface area contributed by atoms with Gasteiger partial charge in [0.2, 0.25) is 0 Å². The van der Waals surface area contributed by atoms with Crippen molar-refractivity contribution in [3.05, 3.63) is 70.3 Å². The highest BCUT2D eigenvalue weighted by Gasteiger charge is 2.35. The second kappa shape index (κ2) is 5.95. The molecule has 0 saturated carbocycles. The van der Waals surface area contributed by atoms with Crippen LogP contribution in [0.4, 0.5) is 0 Å². The largest absolute Gasteiger partial charge is 0.360 e. The lowest BCUT2D eigenvalue weighted by molar-refractivity contribution is 0.0819. The minimum atomic E-state index is 0.0977. The average Bonchev–Trinajstić information content (AvgIpc) is 3.07. The first-order chi connectivity index (χ1) is 12.7. The standard InChI is InChI=1S/C21H21N3O2/c25-20(17-9-22-18-5-2-1-4-16(17)18)13-23-10-14-8-15(12-23)19-6-3-7-21(26)24(19)11-14/h1-7,9,14-15,22H,8,10-13H2/t14-,15+/m0/s1. The maximum atomic E-state index is 12.9. The zero-order valence-electron chi connectivity index (χ0n) is 14.5. The van der Waals surface area contributed by atoms with E-state index in [9.17, 15) is 9.59 Å². The number of likely N-dealkylation sites (tertiary alicyclic amines) is 1. The number of para-hydroxylation sites is 1. The lowest BCUT2D eigenvalue weighted by Crippen LogP contribution is -2.48. The van der Waals surface area contributed by atoms with Gasteiger partial charge >= 0.3 is 0 Å². The van der Waals surface area contributed by atoms with Gasteiger partial charge in [0.25, 0.3) is 5.56 Å². The second-order valence-corrected chi connectivity index (χ2v) is 7.56. The number of aromatic amines is 1. The molecular weight excluding hydrogens is 326 g/mol. The predicted molar refractivity (Wildman–Crippen MR) is 101 cm³/mol. The van der Waals surface area contributed by atoms with Gasteiger partial charge in [-0.25, -0.2) is 0 Å². The summed E-state index contributed by atoms with van der Waals surface area (Å²) >= 11 is 0. The molecule has 0 amide bonds. The van der Waals surface area contributed by atoms with Gasteiger partial charge in [0.05, 0.1) is 6.54 Å². The first-order valence-corrected chi connectivity index (χ1v) is 9.20. The summed E-state index contributed by atoms with van der Waals surface area (Å²) in [5, 5.41) is 0.992. The van der Waals surface area contributed by atoms with Crippen LogP contribution in [0.25, 0.3) is 10.9 Å². The summed E-state index contributed by atoms with van der Waals surface area (Å²) in [5.74, 6) is 0.942. The van der Waals surface area contributed by atoms with Crippen LogP contribution in [0.2, 0.25) is 0 Å². The molecule has 0 radical (unpaired) electrons. The Kier molecular flexibility index (Phi) is 3.57. The summed E-state index contributed by atoms with van der Waals surface area (Å²) in [6, 6.07) is 13.5. The number of benzene rings is 1. The van der Waals surface area contributed by atoms with E-state index in [1.165, 1.54) is 0 Å². The number of aromatic nitrogens is 2. The number of piperidine rings is 1. The topological polar surface area (TPSA) is 58.1 Å². The molecule has 26 heavy (non-hydrogen) atoms. The third-order valence-electron chi connectivity index (χ3n) is 5.81. The number of nitrogens with one attached hydrogen (secondary N) is 1. The lowest BCUT2D eigenvalue weighted by atomic mass is 9.83. The van der Waals surface area contributed by atoms with Gasteiger partial charge in [0.1, 0.15) is 0 Å². The van der Waals surface area contributed by atoms with Gasteiger partial charge in [-0.1, -0.05) is 24.3 Å². The SMILES string of the molecule is O=C(CN1C[C@@H]2C[C@H](C1)c1cccc(=O)n1C2)c1c[nH]c2ccccc12. The third kappa shape index (κ3) is 2.51. The molecule has 2 aliphatic heterocycles. The van der Waals surface area contributed by atoms with E-state index >= 15 is 0 Å². The van der Waals surface area contributed by atoms with Crippen molar-refractivity contribution in [3.8, 4) is 0 Å². The molecule has 1 saturated heterocycles. The van der Waals surface area contributed by atoms with Crippen LogP contribution in [0.15, 0.2) is 53.5 Å². The first kappa shape index (κ1) is 15.6. The molecule has 132 valence electrons. The Hall–Kier alpha value is -2.66. The summed E-state index contributed by atoms with van der Waals surface area (Å²) in [5.41, 5.74) is 2.99. The molecule has 5 heteroatoms. The minimum Gasteiger partial charge on any atom is -0.360 e. The molecule has 0 spiro atoms. The van der Waals surface area contributed by atoms with Crippen molar-refractivity contribution >= 4 is 16.7 Å². The van der Waals surface area contributed by atoms with Gasteiger partial charge in [0.15, 0.2) is 5.78 Å². The average molecular weight is 347 g/mol. The van der Waals surface area contributed by atoms with Crippen LogP contribution in [0, 0.1) is 5.92 Å². The Balaban J connectivity index is 1.38. The molecular formula is C21H21N3O2. The van der Waals surface area contributed by atoms with Crippen molar-refractivity contribution in [2.75, 3.05) is 19.6 Å². The van der Waals surface area contributed by atoms with Crippen LogP contribution in [0.3, 0.4) is 0 Å². The Morgan fingerprint density at radius 2 is 1.96 bits per heavy atom. The normalized spacial score (nSPS) is 22.3. The van der Waals surface area contributed by atoms with Crippen LogP contribution in [-0.2, 0) is 6.54 Å². The molecule has 0 aliphatic carbocycles. The molecule has 3 aromatic rings. The second-order valence-electron chi connectivity index (χ2n) is 7.56. The Morgan fingerprint density at radius 1 is 1.08 bits per heavy atom. The van der Waals surface area contributed by atoms with Gasteiger partial charge in [-0.2, -0.15) is 0 Å². The Bertz CT molecular complexity index is 1050. The molecule has 2 aromatic heterocycles. The van der Waals surface area contributed by atoms with E-state index in [2.05, 4.69) is 16.0 Å². The number of carbonyl (C=O) groups excluding carboxylic acids is 1. The van der Waals surface area contributed by atoms with E-state index in [1.54, 1.807) is 6.07 Å². The fourth-order valence-electron chi connectivity index (χ4n) is 4.72. The summed E-state index contributed by atoms with van der Waals surface area (Å²) in [4.78, 5) is 30.5. The molecule has 2 aliphatic rings. The number of carbonyl (C=O) groups is 1.